The highest BCUT2D eigenvalue weighted by molar-refractivity contribution is 5.82. The standard InChI is InChI=1S/C18H18F3NO3/c1-22-10-13-7-8-15(9-17(13)18(19,20)21)25-16(11-23)12-24-14-5-3-2-4-6-14/h2-10,16,23H,11-12H2,1H3. The summed E-state index contributed by atoms with van der Waals surface area (Å²) < 4.78 is 50.3. The summed E-state index contributed by atoms with van der Waals surface area (Å²) in [5, 5.41) is 9.38. The molecule has 0 bridgehead atoms. The van der Waals surface area contributed by atoms with E-state index >= 15 is 0 Å². The third-order valence-corrected chi connectivity index (χ3v) is 3.28. The number of rotatable bonds is 7. The summed E-state index contributed by atoms with van der Waals surface area (Å²) in [7, 11) is 1.40. The van der Waals surface area contributed by atoms with E-state index in [4.69, 9.17) is 9.47 Å². The van der Waals surface area contributed by atoms with E-state index in [0.717, 1.165) is 12.3 Å². The Kier molecular flexibility index (Phi) is 6.41. The van der Waals surface area contributed by atoms with Crippen LogP contribution in [0.2, 0.25) is 0 Å². The molecule has 0 saturated carbocycles. The van der Waals surface area contributed by atoms with Crippen LogP contribution in [0.4, 0.5) is 13.2 Å². The zero-order chi connectivity index (χ0) is 18.3. The van der Waals surface area contributed by atoms with Crippen LogP contribution in [0, 0.1) is 0 Å². The van der Waals surface area contributed by atoms with E-state index < -0.39 is 24.5 Å². The molecule has 7 heteroatoms. The van der Waals surface area contributed by atoms with Crippen LogP contribution >= 0.6 is 0 Å². The summed E-state index contributed by atoms with van der Waals surface area (Å²) >= 11 is 0. The lowest BCUT2D eigenvalue weighted by atomic mass is 10.1. The monoisotopic (exact) mass is 353 g/mol. The predicted octanol–water partition coefficient (Wildman–Crippen LogP) is 3.57. The first kappa shape index (κ1) is 18.8. The number of halogens is 3. The molecule has 2 aromatic carbocycles. The Balaban J connectivity index is 2.11. The van der Waals surface area contributed by atoms with Crippen LogP contribution in [0.15, 0.2) is 53.5 Å². The fourth-order valence-electron chi connectivity index (χ4n) is 2.13. The molecule has 0 aliphatic heterocycles. The van der Waals surface area contributed by atoms with Gasteiger partial charge in [0.05, 0.1) is 12.2 Å². The maximum Gasteiger partial charge on any atom is 0.417 e. The summed E-state index contributed by atoms with van der Waals surface area (Å²) in [6, 6.07) is 12.4. The Bertz CT molecular complexity index is 702. The van der Waals surface area contributed by atoms with Crippen molar-refractivity contribution in [3.8, 4) is 11.5 Å². The number of alkyl halides is 3. The van der Waals surface area contributed by atoms with Gasteiger partial charge < -0.3 is 14.6 Å². The topological polar surface area (TPSA) is 51.0 Å². The molecule has 0 aromatic heterocycles. The van der Waals surface area contributed by atoms with Gasteiger partial charge >= 0.3 is 6.18 Å². The molecule has 25 heavy (non-hydrogen) atoms. The summed E-state index contributed by atoms with van der Waals surface area (Å²) in [4.78, 5) is 3.62. The smallest absolute Gasteiger partial charge is 0.417 e. The van der Waals surface area contributed by atoms with E-state index in [1.165, 1.54) is 19.2 Å². The molecule has 2 aromatic rings. The molecule has 0 aliphatic rings. The van der Waals surface area contributed by atoms with Crippen LogP contribution in [-0.2, 0) is 6.18 Å². The number of hydrogen-bond acceptors (Lipinski definition) is 4. The fraction of sp³-hybridized carbons (Fsp3) is 0.278. The fourth-order valence-corrected chi connectivity index (χ4v) is 2.13. The van der Waals surface area contributed by atoms with Crippen LogP contribution in [0.3, 0.4) is 0 Å². The Labute approximate surface area is 143 Å². The molecule has 134 valence electrons. The molecule has 0 heterocycles. The summed E-state index contributed by atoms with van der Waals surface area (Å²) in [6.07, 6.45) is -4.20. The first-order valence-electron chi connectivity index (χ1n) is 7.53. The van der Waals surface area contributed by atoms with Crippen molar-refractivity contribution in [2.75, 3.05) is 20.3 Å². The van der Waals surface area contributed by atoms with Crippen molar-refractivity contribution < 1.29 is 27.8 Å². The van der Waals surface area contributed by atoms with Crippen molar-refractivity contribution >= 4 is 6.21 Å². The molecular weight excluding hydrogens is 335 g/mol. The summed E-state index contributed by atoms with van der Waals surface area (Å²) in [6.45, 7) is -0.396. The van der Waals surface area contributed by atoms with Crippen molar-refractivity contribution in [2.24, 2.45) is 4.99 Å². The minimum absolute atomic E-state index is 0.0000340. The maximum absolute atomic E-state index is 13.1. The lowest BCUT2D eigenvalue weighted by Crippen LogP contribution is -2.28. The van der Waals surface area contributed by atoms with E-state index in [1.807, 2.05) is 6.07 Å². The number of aliphatic hydroxyl groups is 1. The van der Waals surface area contributed by atoms with Gasteiger partial charge in [-0.1, -0.05) is 18.2 Å². The quantitative estimate of drug-likeness (QED) is 0.774. The van der Waals surface area contributed by atoms with Crippen LogP contribution in [0.25, 0.3) is 0 Å². The Morgan fingerprint density at radius 1 is 1.12 bits per heavy atom. The first-order chi connectivity index (χ1) is 11.9. The minimum atomic E-state index is -4.54. The molecule has 4 nitrogen and oxygen atoms in total. The third-order valence-electron chi connectivity index (χ3n) is 3.28. The number of hydrogen-bond donors (Lipinski definition) is 1. The molecule has 1 atom stereocenters. The molecule has 0 aliphatic carbocycles. The molecule has 0 radical (unpaired) electrons. The minimum Gasteiger partial charge on any atom is -0.490 e. The van der Waals surface area contributed by atoms with Crippen molar-refractivity contribution in [3.63, 3.8) is 0 Å². The zero-order valence-electron chi connectivity index (χ0n) is 13.5. The predicted molar refractivity (Wildman–Crippen MR) is 88.4 cm³/mol. The van der Waals surface area contributed by atoms with Crippen molar-refractivity contribution in [1.29, 1.82) is 0 Å². The van der Waals surface area contributed by atoms with Crippen LogP contribution in [0.5, 0.6) is 11.5 Å². The average molecular weight is 353 g/mol. The molecule has 1 unspecified atom stereocenters. The van der Waals surface area contributed by atoms with Gasteiger partial charge in [0.25, 0.3) is 0 Å². The molecular formula is C18H18F3NO3. The second kappa shape index (κ2) is 8.53. The van der Waals surface area contributed by atoms with E-state index in [0.29, 0.717) is 5.75 Å². The van der Waals surface area contributed by atoms with Crippen LogP contribution in [-0.4, -0.2) is 37.7 Å². The number of benzene rings is 2. The molecule has 0 saturated heterocycles. The molecule has 0 spiro atoms. The molecule has 0 fully saturated rings. The van der Waals surface area contributed by atoms with Gasteiger partial charge in [-0.05, 0) is 30.3 Å². The Morgan fingerprint density at radius 2 is 1.84 bits per heavy atom. The lowest BCUT2D eigenvalue weighted by Gasteiger charge is -2.19. The highest BCUT2D eigenvalue weighted by Crippen LogP contribution is 2.34. The van der Waals surface area contributed by atoms with Crippen molar-refractivity contribution in [1.82, 2.24) is 0 Å². The SMILES string of the molecule is CN=Cc1ccc(OC(CO)COc2ccccc2)cc1C(F)(F)F. The largest absolute Gasteiger partial charge is 0.490 e. The Hall–Kier alpha value is -2.54. The van der Waals surface area contributed by atoms with E-state index in [1.54, 1.807) is 24.3 Å². The zero-order valence-corrected chi connectivity index (χ0v) is 13.5. The van der Waals surface area contributed by atoms with Gasteiger partial charge in [0.2, 0.25) is 0 Å². The summed E-state index contributed by atoms with van der Waals surface area (Å²) in [5.74, 6) is 0.575. The molecule has 0 amide bonds. The van der Waals surface area contributed by atoms with Gasteiger partial charge in [0, 0.05) is 18.8 Å². The van der Waals surface area contributed by atoms with E-state index in [2.05, 4.69) is 4.99 Å². The van der Waals surface area contributed by atoms with Crippen LogP contribution < -0.4 is 9.47 Å². The number of para-hydroxylation sites is 1. The third kappa shape index (κ3) is 5.49. The number of aliphatic hydroxyl groups excluding tert-OH is 1. The average Bonchev–Trinajstić information content (AvgIpc) is 2.60. The second-order valence-corrected chi connectivity index (χ2v) is 5.18. The highest BCUT2D eigenvalue weighted by atomic mass is 19.4. The molecule has 2 rings (SSSR count). The number of nitrogens with zero attached hydrogens (tertiary/aromatic N) is 1. The maximum atomic E-state index is 13.1. The van der Waals surface area contributed by atoms with Gasteiger partial charge in [-0.3, -0.25) is 4.99 Å². The van der Waals surface area contributed by atoms with Gasteiger partial charge in [-0.2, -0.15) is 13.2 Å². The van der Waals surface area contributed by atoms with Gasteiger partial charge in [-0.25, -0.2) is 0 Å². The van der Waals surface area contributed by atoms with E-state index in [-0.39, 0.29) is 17.9 Å². The van der Waals surface area contributed by atoms with Gasteiger partial charge in [0.1, 0.15) is 18.1 Å². The summed E-state index contributed by atoms with van der Waals surface area (Å²) in [5.41, 5.74) is -0.903. The molecule has 1 N–H and O–H groups in total. The normalized spacial score (nSPS) is 13.0. The highest BCUT2D eigenvalue weighted by Gasteiger charge is 2.33. The van der Waals surface area contributed by atoms with E-state index in [9.17, 15) is 18.3 Å². The van der Waals surface area contributed by atoms with Gasteiger partial charge in [-0.15, -0.1) is 0 Å². The number of aliphatic imine (C=N–C) groups is 1. The first-order valence-corrected chi connectivity index (χ1v) is 7.53. The van der Waals surface area contributed by atoms with Crippen molar-refractivity contribution in [2.45, 2.75) is 12.3 Å². The number of ether oxygens (including phenoxy) is 2. The van der Waals surface area contributed by atoms with Gasteiger partial charge in [0.15, 0.2) is 6.10 Å². The lowest BCUT2D eigenvalue weighted by molar-refractivity contribution is -0.137. The van der Waals surface area contributed by atoms with Crippen LogP contribution in [0.1, 0.15) is 11.1 Å². The Morgan fingerprint density at radius 3 is 2.44 bits per heavy atom. The second-order valence-electron chi connectivity index (χ2n) is 5.18. The van der Waals surface area contributed by atoms with Crippen molar-refractivity contribution in [3.05, 3.63) is 59.7 Å².